The zero-order valence-corrected chi connectivity index (χ0v) is 11.1. The van der Waals surface area contributed by atoms with E-state index in [0.29, 0.717) is 11.5 Å². The van der Waals surface area contributed by atoms with Gasteiger partial charge in [-0.25, -0.2) is 0 Å². The third-order valence-electron chi connectivity index (χ3n) is 3.86. The Labute approximate surface area is 95.4 Å². The van der Waals surface area contributed by atoms with Crippen molar-refractivity contribution in [3.8, 4) is 0 Å². The average molecular weight is 212 g/mol. The fourth-order valence-electron chi connectivity index (χ4n) is 2.16. The van der Waals surface area contributed by atoms with E-state index in [1.165, 1.54) is 25.9 Å². The van der Waals surface area contributed by atoms with Crippen LogP contribution in [0.3, 0.4) is 0 Å². The molecule has 0 aromatic rings. The lowest BCUT2D eigenvalue weighted by atomic mass is 9.88. The molecular formula is C13H28N2. The molecule has 15 heavy (non-hydrogen) atoms. The van der Waals surface area contributed by atoms with E-state index in [-0.39, 0.29) is 0 Å². The van der Waals surface area contributed by atoms with E-state index >= 15 is 0 Å². The van der Waals surface area contributed by atoms with Crippen LogP contribution < -0.4 is 5.32 Å². The summed E-state index contributed by atoms with van der Waals surface area (Å²) in [6.45, 7) is 15.1. The summed E-state index contributed by atoms with van der Waals surface area (Å²) < 4.78 is 0. The average Bonchev–Trinajstić information content (AvgIpc) is 2.59. The Morgan fingerprint density at radius 2 is 2.07 bits per heavy atom. The van der Waals surface area contributed by atoms with Crippen molar-refractivity contribution >= 4 is 0 Å². The van der Waals surface area contributed by atoms with E-state index < -0.39 is 0 Å². The van der Waals surface area contributed by atoms with E-state index in [1.54, 1.807) is 0 Å². The van der Waals surface area contributed by atoms with Crippen molar-refractivity contribution in [2.45, 2.75) is 59.5 Å². The molecule has 0 amide bonds. The fourth-order valence-corrected chi connectivity index (χ4v) is 2.16. The summed E-state index contributed by atoms with van der Waals surface area (Å²) in [4.78, 5) is 2.60. The van der Waals surface area contributed by atoms with Crippen molar-refractivity contribution in [2.75, 3.05) is 19.6 Å². The van der Waals surface area contributed by atoms with E-state index in [9.17, 15) is 0 Å². The van der Waals surface area contributed by atoms with Gasteiger partial charge in [0, 0.05) is 18.6 Å². The SMILES string of the molecule is CCN1CCCC1CNC(C)C(C)(C)C. The first-order chi connectivity index (χ1) is 6.95. The van der Waals surface area contributed by atoms with Crippen molar-refractivity contribution in [3.05, 3.63) is 0 Å². The van der Waals surface area contributed by atoms with E-state index in [2.05, 4.69) is 44.8 Å². The van der Waals surface area contributed by atoms with Crippen LogP contribution in [-0.4, -0.2) is 36.6 Å². The highest BCUT2D eigenvalue weighted by Gasteiger charge is 2.25. The molecule has 1 fully saturated rings. The molecule has 1 rings (SSSR count). The van der Waals surface area contributed by atoms with Crippen LogP contribution in [0.4, 0.5) is 0 Å². The van der Waals surface area contributed by atoms with Crippen molar-refractivity contribution < 1.29 is 0 Å². The first kappa shape index (κ1) is 13.0. The monoisotopic (exact) mass is 212 g/mol. The number of rotatable bonds is 4. The van der Waals surface area contributed by atoms with E-state index in [0.717, 1.165) is 12.6 Å². The predicted octanol–water partition coefficient (Wildman–Crippen LogP) is 2.49. The minimum Gasteiger partial charge on any atom is -0.312 e. The molecule has 0 bridgehead atoms. The summed E-state index contributed by atoms with van der Waals surface area (Å²) in [5.41, 5.74) is 0.371. The summed E-state index contributed by atoms with van der Waals surface area (Å²) >= 11 is 0. The number of hydrogen-bond acceptors (Lipinski definition) is 2. The van der Waals surface area contributed by atoms with Crippen LogP contribution in [0.15, 0.2) is 0 Å². The third-order valence-corrected chi connectivity index (χ3v) is 3.86. The Morgan fingerprint density at radius 3 is 2.60 bits per heavy atom. The Morgan fingerprint density at radius 1 is 1.40 bits per heavy atom. The first-order valence-corrected chi connectivity index (χ1v) is 6.42. The van der Waals surface area contributed by atoms with Gasteiger partial charge in [-0.2, -0.15) is 0 Å². The van der Waals surface area contributed by atoms with Crippen LogP contribution in [0, 0.1) is 5.41 Å². The summed E-state index contributed by atoms with van der Waals surface area (Å²) in [6.07, 6.45) is 2.75. The Bertz CT molecular complexity index is 183. The molecule has 1 heterocycles. The molecule has 0 spiro atoms. The number of nitrogens with one attached hydrogen (secondary N) is 1. The Balaban J connectivity index is 2.30. The largest absolute Gasteiger partial charge is 0.312 e. The number of hydrogen-bond donors (Lipinski definition) is 1. The van der Waals surface area contributed by atoms with Gasteiger partial charge >= 0.3 is 0 Å². The number of likely N-dealkylation sites (tertiary alicyclic amines) is 1. The molecule has 1 aliphatic heterocycles. The molecule has 2 unspecified atom stereocenters. The molecule has 2 heteroatoms. The third kappa shape index (κ3) is 3.76. The minimum absolute atomic E-state index is 0.371. The van der Waals surface area contributed by atoms with Crippen LogP contribution in [0.1, 0.15) is 47.5 Å². The normalized spacial score (nSPS) is 25.8. The molecule has 0 aromatic carbocycles. The lowest BCUT2D eigenvalue weighted by molar-refractivity contribution is 0.226. The molecule has 1 N–H and O–H groups in total. The zero-order valence-electron chi connectivity index (χ0n) is 11.1. The molecule has 2 nitrogen and oxygen atoms in total. The van der Waals surface area contributed by atoms with Gasteiger partial charge in [-0.1, -0.05) is 27.7 Å². The molecule has 2 atom stereocenters. The Kier molecular flexibility index (Phi) is 4.60. The molecule has 1 aliphatic rings. The van der Waals surface area contributed by atoms with Crippen LogP contribution in [-0.2, 0) is 0 Å². The molecule has 0 aromatic heterocycles. The lowest BCUT2D eigenvalue weighted by Gasteiger charge is -2.31. The highest BCUT2D eigenvalue weighted by Crippen LogP contribution is 2.20. The van der Waals surface area contributed by atoms with E-state index in [1.807, 2.05) is 0 Å². The van der Waals surface area contributed by atoms with Gasteiger partial charge < -0.3 is 5.32 Å². The number of nitrogens with zero attached hydrogens (tertiary/aromatic N) is 1. The molecule has 0 radical (unpaired) electrons. The Hall–Kier alpha value is -0.0800. The van der Waals surface area contributed by atoms with Gasteiger partial charge in [0.2, 0.25) is 0 Å². The number of likely N-dealkylation sites (N-methyl/N-ethyl adjacent to an activating group) is 1. The van der Waals surface area contributed by atoms with Gasteiger partial charge in [-0.15, -0.1) is 0 Å². The van der Waals surface area contributed by atoms with Crippen molar-refractivity contribution in [1.29, 1.82) is 0 Å². The maximum atomic E-state index is 3.69. The van der Waals surface area contributed by atoms with Crippen molar-refractivity contribution in [3.63, 3.8) is 0 Å². The highest BCUT2D eigenvalue weighted by molar-refractivity contribution is 4.83. The molecule has 90 valence electrons. The van der Waals surface area contributed by atoms with Crippen molar-refractivity contribution in [2.24, 2.45) is 5.41 Å². The van der Waals surface area contributed by atoms with Gasteiger partial charge in [-0.05, 0) is 38.3 Å². The molecule has 1 saturated heterocycles. The summed E-state index contributed by atoms with van der Waals surface area (Å²) in [5.74, 6) is 0. The first-order valence-electron chi connectivity index (χ1n) is 6.42. The van der Waals surface area contributed by atoms with Gasteiger partial charge in [0.1, 0.15) is 0 Å². The predicted molar refractivity (Wildman–Crippen MR) is 67.2 cm³/mol. The summed E-state index contributed by atoms with van der Waals surface area (Å²) in [6, 6.07) is 1.37. The molecule has 0 saturated carbocycles. The topological polar surface area (TPSA) is 15.3 Å². The highest BCUT2D eigenvalue weighted by atomic mass is 15.2. The lowest BCUT2D eigenvalue weighted by Crippen LogP contribution is -2.45. The van der Waals surface area contributed by atoms with Gasteiger partial charge in [-0.3, -0.25) is 4.90 Å². The summed E-state index contributed by atoms with van der Waals surface area (Å²) in [5, 5.41) is 3.69. The fraction of sp³-hybridized carbons (Fsp3) is 1.00. The second kappa shape index (κ2) is 5.31. The maximum absolute atomic E-state index is 3.69. The van der Waals surface area contributed by atoms with Gasteiger partial charge in [0.15, 0.2) is 0 Å². The van der Waals surface area contributed by atoms with Crippen molar-refractivity contribution in [1.82, 2.24) is 10.2 Å². The molecular weight excluding hydrogens is 184 g/mol. The minimum atomic E-state index is 0.371. The van der Waals surface area contributed by atoms with Crippen LogP contribution >= 0.6 is 0 Å². The van der Waals surface area contributed by atoms with E-state index in [4.69, 9.17) is 0 Å². The standard InChI is InChI=1S/C13H28N2/c1-6-15-9-7-8-12(15)10-14-11(2)13(3,4)5/h11-12,14H,6-10H2,1-5H3. The van der Waals surface area contributed by atoms with Crippen LogP contribution in [0.5, 0.6) is 0 Å². The second-order valence-electron chi connectivity index (χ2n) is 5.92. The zero-order chi connectivity index (χ0) is 11.5. The smallest absolute Gasteiger partial charge is 0.0221 e. The van der Waals surface area contributed by atoms with Gasteiger partial charge in [0.25, 0.3) is 0 Å². The van der Waals surface area contributed by atoms with Crippen LogP contribution in [0.25, 0.3) is 0 Å². The van der Waals surface area contributed by atoms with Gasteiger partial charge in [0.05, 0.1) is 0 Å². The summed E-state index contributed by atoms with van der Waals surface area (Å²) in [7, 11) is 0. The molecule has 0 aliphatic carbocycles. The van der Waals surface area contributed by atoms with Crippen LogP contribution in [0.2, 0.25) is 0 Å². The second-order valence-corrected chi connectivity index (χ2v) is 5.92. The quantitative estimate of drug-likeness (QED) is 0.770. The maximum Gasteiger partial charge on any atom is 0.0221 e.